The van der Waals surface area contributed by atoms with Gasteiger partial charge in [-0.2, -0.15) is 0 Å². The number of hydrogen-bond acceptors (Lipinski definition) is 3. The Labute approximate surface area is 60.1 Å². The van der Waals surface area contributed by atoms with Gasteiger partial charge in [0, 0.05) is 6.04 Å². The maximum Gasteiger partial charge on any atom is 0.353 e. The molecule has 0 aliphatic heterocycles. The summed E-state index contributed by atoms with van der Waals surface area (Å²) in [5, 5.41) is 2.94. The number of carbonyl (C=O) groups is 1. The Morgan fingerprint density at radius 3 is 2.70 bits per heavy atom. The third kappa shape index (κ3) is 1.76. The fourth-order valence-corrected chi connectivity index (χ4v) is 0.656. The van der Waals surface area contributed by atoms with Crippen LogP contribution in [0.4, 0.5) is 0 Å². The van der Waals surface area contributed by atoms with Gasteiger partial charge in [0.1, 0.15) is 5.70 Å². The highest BCUT2D eigenvalue weighted by Gasteiger charge is 2.23. The van der Waals surface area contributed by atoms with Gasteiger partial charge in [0.15, 0.2) is 0 Å². The second kappa shape index (κ2) is 2.73. The van der Waals surface area contributed by atoms with Crippen molar-refractivity contribution >= 4 is 5.97 Å². The van der Waals surface area contributed by atoms with Crippen molar-refractivity contribution in [2.45, 2.75) is 18.9 Å². The van der Waals surface area contributed by atoms with E-state index in [9.17, 15) is 4.79 Å². The molecule has 0 radical (unpaired) electrons. The maximum atomic E-state index is 10.7. The molecule has 0 aromatic rings. The largest absolute Gasteiger partial charge is 0.464 e. The summed E-state index contributed by atoms with van der Waals surface area (Å²) >= 11 is 0. The van der Waals surface area contributed by atoms with Crippen molar-refractivity contribution in [3.63, 3.8) is 0 Å². The summed E-state index contributed by atoms with van der Waals surface area (Å²) in [7, 11) is 1.35. The topological polar surface area (TPSA) is 38.3 Å². The third-order valence-corrected chi connectivity index (χ3v) is 1.39. The number of methoxy groups -OCH3 is 1. The van der Waals surface area contributed by atoms with Gasteiger partial charge >= 0.3 is 5.97 Å². The van der Waals surface area contributed by atoms with E-state index in [1.54, 1.807) is 0 Å². The average molecular weight is 141 g/mol. The van der Waals surface area contributed by atoms with Crippen LogP contribution in [0, 0.1) is 0 Å². The Balaban J connectivity index is 2.25. The van der Waals surface area contributed by atoms with E-state index in [4.69, 9.17) is 0 Å². The Hall–Kier alpha value is -0.990. The fraction of sp³-hybridized carbons (Fsp3) is 0.571. The first kappa shape index (κ1) is 7.12. The molecular formula is C7H11NO2. The molecule has 1 rings (SSSR count). The van der Waals surface area contributed by atoms with E-state index in [1.807, 2.05) is 0 Å². The predicted octanol–water partition coefficient (Wildman–Crippen LogP) is 0.425. The Kier molecular flexibility index (Phi) is 1.94. The molecule has 1 fully saturated rings. The average Bonchev–Trinajstić information content (AvgIpc) is 2.70. The standard InChI is InChI=1S/C7H11NO2/c1-5(7(9)10-2)8-6-3-4-6/h6,8H,1,3-4H2,2H3. The van der Waals surface area contributed by atoms with Gasteiger partial charge in [-0.25, -0.2) is 4.79 Å². The molecule has 0 spiro atoms. The van der Waals surface area contributed by atoms with Crippen LogP contribution in [0.2, 0.25) is 0 Å². The zero-order valence-corrected chi connectivity index (χ0v) is 6.02. The van der Waals surface area contributed by atoms with Gasteiger partial charge in [0.05, 0.1) is 7.11 Å². The molecule has 10 heavy (non-hydrogen) atoms. The zero-order valence-electron chi connectivity index (χ0n) is 6.02. The summed E-state index contributed by atoms with van der Waals surface area (Å²) in [5.74, 6) is -0.369. The van der Waals surface area contributed by atoms with Crippen LogP contribution in [0.5, 0.6) is 0 Å². The highest BCUT2D eigenvalue weighted by molar-refractivity contribution is 5.86. The molecule has 0 saturated heterocycles. The van der Waals surface area contributed by atoms with Gasteiger partial charge in [0.25, 0.3) is 0 Å². The Morgan fingerprint density at radius 1 is 1.70 bits per heavy atom. The monoisotopic (exact) mass is 141 g/mol. The Morgan fingerprint density at radius 2 is 2.30 bits per heavy atom. The number of nitrogens with one attached hydrogen (secondary N) is 1. The van der Waals surface area contributed by atoms with E-state index in [1.165, 1.54) is 7.11 Å². The molecule has 0 atom stereocenters. The van der Waals surface area contributed by atoms with E-state index >= 15 is 0 Å². The van der Waals surface area contributed by atoms with Crippen molar-refractivity contribution in [2.24, 2.45) is 0 Å². The molecule has 1 aliphatic carbocycles. The number of rotatable bonds is 3. The van der Waals surface area contributed by atoms with Crippen LogP contribution in [0.15, 0.2) is 12.3 Å². The molecule has 0 aromatic carbocycles. The first-order valence-electron chi connectivity index (χ1n) is 3.28. The van der Waals surface area contributed by atoms with Crippen LogP contribution in [-0.4, -0.2) is 19.1 Å². The molecule has 1 aliphatic rings. The van der Waals surface area contributed by atoms with Crippen molar-refractivity contribution in [3.8, 4) is 0 Å². The lowest BCUT2D eigenvalue weighted by atomic mass is 10.5. The minimum Gasteiger partial charge on any atom is -0.464 e. The Bertz CT molecular complexity index is 161. The van der Waals surface area contributed by atoms with E-state index in [0.29, 0.717) is 11.7 Å². The molecule has 1 N–H and O–H groups in total. The van der Waals surface area contributed by atoms with Crippen LogP contribution in [0.3, 0.4) is 0 Å². The maximum absolute atomic E-state index is 10.7. The summed E-state index contributed by atoms with van der Waals surface area (Å²) < 4.78 is 4.44. The van der Waals surface area contributed by atoms with Gasteiger partial charge in [-0.1, -0.05) is 6.58 Å². The van der Waals surface area contributed by atoms with Crippen LogP contribution < -0.4 is 5.32 Å². The SMILES string of the molecule is C=C(NC1CC1)C(=O)OC. The van der Waals surface area contributed by atoms with Gasteiger partial charge in [-0.05, 0) is 12.8 Å². The lowest BCUT2D eigenvalue weighted by Crippen LogP contribution is -2.22. The molecule has 3 heteroatoms. The number of ether oxygens (including phenoxy) is 1. The minimum atomic E-state index is -0.369. The van der Waals surface area contributed by atoms with Crippen molar-refractivity contribution in [2.75, 3.05) is 7.11 Å². The number of esters is 1. The van der Waals surface area contributed by atoms with Crippen molar-refractivity contribution in [1.29, 1.82) is 0 Å². The highest BCUT2D eigenvalue weighted by atomic mass is 16.5. The van der Waals surface area contributed by atoms with Gasteiger partial charge in [-0.15, -0.1) is 0 Å². The van der Waals surface area contributed by atoms with Crippen LogP contribution in [0.25, 0.3) is 0 Å². The van der Waals surface area contributed by atoms with E-state index in [2.05, 4.69) is 16.6 Å². The van der Waals surface area contributed by atoms with Crippen molar-refractivity contribution < 1.29 is 9.53 Å². The summed E-state index contributed by atoms with van der Waals surface area (Å²) in [6.07, 6.45) is 2.27. The van der Waals surface area contributed by atoms with E-state index in [0.717, 1.165) is 12.8 Å². The lowest BCUT2D eigenvalue weighted by Gasteiger charge is -2.03. The molecule has 0 bridgehead atoms. The number of carbonyl (C=O) groups excluding carboxylic acids is 1. The summed E-state index contributed by atoms with van der Waals surface area (Å²) in [4.78, 5) is 10.7. The molecule has 0 aromatic heterocycles. The fourth-order valence-electron chi connectivity index (χ4n) is 0.656. The molecule has 1 saturated carbocycles. The van der Waals surface area contributed by atoms with E-state index < -0.39 is 0 Å². The summed E-state index contributed by atoms with van der Waals surface area (Å²) in [5.41, 5.74) is 0.366. The molecule has 56 valence electrons. The molecule has 0 amide bonds. The minimum absolute atomic E-state index is 0.366. The highest BCUT2D eigenvalue weighted by Crippen LogP contribution is 2.19. The summed E-state index contributed by atoms with van der Waals surface area (Å²) in [6.45, 7) is 3.52. The smallest absolute Gasteiger partial charge is 0.353 e. The zero-order chi connectivity index (χ0) is 7.56. The van der Waals surface area contributed by atoms with Crippen LogP contribution >= 0.6 is 0 Å². The first-order chi connectivity index (χ1) is 4.74. The second-order valence-electron chi connectivity index (χ2n) is 2.39. The first-order valence-corrected chi connectivity index (χ1v) is 3.28. The van der Waals surface area contributed by atoms with Crippen LogP contribution in [-0.2, 0) is 9.53 Å². The van der Waals surface area contributed by atoms with Gasteiger partial charge in [0.2, 0.25) is 0 Å². The molecule has 3 nitrogen and oxygen atoms in total. The lowest BCUT2D eigenvalue weighted by molar-refractivity contribution is -0.136. The quantitative estimate of drug-likeness (QED) is 0.457. The normalized spacial score (nSPS) is 16.1. The van der Waals surface area contributed by atoms with Crippen LogP contribution in [0.1, 0.15) is 12.8 Å². The second-order valence-corrected chi connectivity index (χ2v) is 2.39. The molecule has 0 heterocycles. The van der Waals surface area contributed by atoms with E-state index in [-0.39, 0.29) is 5.97 Å². The van der Waals surface area contributed by atoms with Crippen molar-refractivity contribution in [3.05, 3.63) is 12.3 Å². The molecular weight excluding hydrogens is 130 g/mol. The molecule has 0 unspecified atom stereocenters. The van der Waals surface area contributed by atoms with Crippen molar-refractivity contribution in [1.82, 2.24) is 5.32 Å². The number of hydrogen-bond donors (Lipinski definition) is 1. The third-order valence-electron chi connectivity index (χ3n) is 1.39. The van der Waals surface area contributed by atoms with Gasteiger partial charge < -0.3 is 10.1 Å². The summed E-state index contributed by atoms with van der Waals surface area (Å²) in [6, 6.07) is 0.464. The van der Waals surface area contributed by atoms with Gasteiger partial charge in [-0.3, -0.25) is 0 Å². The predicted molar refractivity (Wildman–Crippen MR) is 37.3 cm³/mol.